The molecule has 5 nitrogen and oxygen atoms in total. The molecular weight excluding hydrogens is 415 g/mol. The maximum absolute atomic E-state index is 5.53. The monoisotopic (exact) mass is 440 g/mol. The summed E-state index contributed by atoms with van der Waals surface area (Å²) in [6.45, 7) is 5.98. The Labute approximate surface area is 161 Å². The van der Waals surface area contributed by atoms with E-state index in [1.165, 1.54) is 11.1 Å². The van der Waals surface area contributed by atoms with Crippen LogP contribution in [0.25, 0.3) is 0 Å². The maximum atomic E-state index is 5.53. The van der Waals surface area contributed by atoms with Crippen LogP contribution in [0.4, 0.5) is 0 Å². The van der Waals surface area contributed by atoms with Crippen molar-refractivity contribution >= 4 is 29.9 Å². The van der Waals surface area contributed by atoms with E-state index in [1.807, 2.05) is 19.1 Å². The number of nitrogens with one attached hydrogen (secondary N) is 2. The molecule has 0 saturated heterocycles. The third kappa shape index (κ3) is 6.35. The highest BCUT2D eigenvalue weighted by atomic mass is 127. The van der Waals surface area contributed by atoms with Crippen LogP contribution in [0.5, 0.6) is 5.88 Å². The zero-order valence-electron chi connectivity index (χ0n) is 14.4. The predicted molar refractivity (Wildman–Crippen MR) is 109 cm³/mol. The summed E-state index contributed by atoms with van der Waals surface area (Å²) >= 11 is 0. The Kier molecular flexibility index (Phi) is 9.14. The molecule has 0 spiro atoms. The predicted octanol–water partition coefficient (Wildman–Crippen LogP) is 3.27. The average Bonchev–Trinajstić information content (AvgIpc) is 2.57. The summed E-state index contributed by atoms with van der Waals surface area (Å²) in [6, 6.07) is 12.3. The highest BCUT2D eigenvalue weighted by Gasteiger charge is 2.05. The summed E-state index contributed by atoms with van der Waals surface area (Å²) in [4.78, 5) is 8.50. The van der Waals surface area contributed by atoms with Crippen LogP contribution in [-0.4, -0.2) is 24.6 Å². The number of aromatic nitrogens is 1. The number of pyridine rings is 1. The van der Waals surface area contributed by atoms with Crippen molar-refractivity contribution in [2.24, 2.45) is 4.99 Å². The van der Waals surface area contributed by atoms with Crippen molar-refractivity contribution in [1.82, 2.24) is 15.6 Å². The van der Waals surface area contributed by atoms with Crippen molar-refractivity contribution in [3.05, 3.63) is 59.3 Å². The molecule has 24 heavy (non-hydrogen) atoms. The topological polar surface area (TPSA) is 58.5 Å². The first-order chi connectivity index (χ1) is 11.2. The molecule has 0 atom stereocenters. The van der Waals surface area contributed by atoms with E-state index >= 15 is 0 Å². The van der Waals surface area contributed by atoms with E-state index in [4.69, 9.17) is 4.74 Å². The third-order valence-electron chi connectivity index (χ3n) is 3.34. The molecule has 0 radical (unpaired) electrons. The summed E-state index contributed by atoms with van der Waals surface area (Å²) in [7, 11) is 1.76. The zero-order valence-corrected chi connectivity index (χ0v) is 16.7. The van der Waals surface area contributed by atoms with E-state index in [0.29, 0.717) is 19.0 Å². The van der Waals surface area contributed by atoms with Crippen molar-refractivity contribution in [3.63, 3.8) is 0 Å². The van der Waals surface area contributed by atoms with Gasteiger partial charge in [0.1, 0.15) is 0 Å². The molecule has 0 unspecified atom stereocenters. The van der Waals surface area contributed by atoms with Crippen LogP contribution >= 0.6 is 24.0 Å². The van der Waals surface area contributed by atoms with Crippen LogP contribution < -0.4 is 15.4 Å². The van der Waals surface area contributed by atoms with Gasteiger partial charge < -0.3 is 15.4 Å². The second-order valence-electron chi connectivity index (χ2n) is 5.17. The van der Waals surface area contributed by atoms with Crippen LogP contribution in [0.1, 0.15) is 23.6 Å². The Balaban J connectivity index is 0.00000288. The smallest absolute Gasteiger partial charge is 0.218 e. The van der Waals surface area contributed by atoms with Gasteiger partial charge in [0, 0.05) is 31.9 Å². The fourth-order valence-corrected chi connectivity index (χ4v) is 2.23. The quantitative estimate of drug-likeness (QED) is 0.411. The summed E-state index contributed by atoms with van der Waals surface area (Å²) in [5, 5.41) is 6.60. The van der Waals surface area contributed by atoms with Crippen molar-refractivity contribution < 1.29 is 4.74 Å². The van der Waals surface area contributed by atoms with E-state index < -0.39 is 0 Å². The second kappa shape index (κ2) is 10.9. The molecule has 1 heterocycles. The van der Waals surface area contributed by atoms with E-state index in [2.05, 4.69) is 51.8 Å². The molecule has 0 fully saturated rings. The van der Waals surface area contributed by atoms with E-state index in [9.17, 15) is 0 Å². The Morgan fingerprint density at radius 3 is 2.67 bits per heavy atom. The Bertz CT molecular complexity index is 661. The number of rotatable bonds is 6. The van der Waals surface area contributed by atoms with Crippen molar-refractivity contribution in [2.75, 3.05) is 13.7 Å². The molecule has 1 aromatic carbocycles. The first-order valence-corrected chi connectivity index (χ1v) is 7.79. The summed E-state index contributed by atoms with van der Waals surface area (Å²) < 4.78 is 5.53. The SMILES string of the molecule is CCOc1ncccc1CNC(=NC)NCc1cccc(C)c1.I. The zero-order chi connectivity index (χ0) is 16.5. The Hall–Kier alpha value is -1.83. The van der Waals surface area contributed by atoms with Crippen molar-refractivity contribution in [3.8, 4) is 5.88 Å². The molecule has 0 amide bonds. The minimum Gasteiger partial charge on any atom is -0.478 e. The summed E-state index contributed by atoms with van der Waals surface area (Å²) in [5.41, 5.74) is 3.49. The summed E-state index contributed by atoms with van der Waals surface area (Å²) in [5.74, 6) is 1.41. The van der Waals surface area contributed by atoms with Gasteiger partial charge in [0.25, 0.3) is 0 Å². The number of hydrogen-bond acceptors (Lipinski definition) is 3. The van der Waals surface area contributed by atoms with Gasteiger partial charge in [-0.15, -0.1) is 24.0 Å². The molecule has 0 aliphatic rings. The van der Waals surface area contributed by atoms with Crippen LogP contribution in [0.2, 0.25) is 0 Å². The molecule has 0 bridgehead atoms. The lowest BCUT2D eigenvalue weighted by Gasteiger charge is -2.14. The van der Waals surface area contributed by atoms with Gasteiger partial charge in [0.05, 0.1) is 6.61 Å². The fraction of sp³-hybridized carbons (Fsp3) is 0.333. The van der Waals surface area contributed by atoms with Crippen molar-refractivity contribution in [2.45, 2.75) is 26.9 Å². The lowest BCUT2D eigenvalue weighted by molar-refractivity contribution is 0.322. The van der Waals surface area contributed by atoms with Gasteiger partial charge in [-0.2, -0.15) is 0 Å². The fourth-order valence-electron chi connectivity index (χ4n) is 2.23. The number of aliphatic imine (C=N–C) groups is 1. The van der Waals surface area contributed by atoms with Crippen LogP contribution in [0.15, 0.2) is 47.6 Å². The Morgan fingerprint density at radius 1 is 1.17 bits per heavy atom. The van der Waals surface area contributed by atoms with E-state index in [-0.39, 0.29) is 24.0 Å². The summed E-state index contributed by atoms with van der Waals surface area (Å²) in [6.07, 6.45) is 1.74. The van der Waals surface area contributed by atoms with Crippen LogP contribution in [-0.2, 0) is 13.1 Å². The lowest BCUT2D eigenvalue weighted by Crippen LogP contribution is -2.36. The number of guanidine groups is 1. The van der Waals surface area contributed by atoms with Gasteiger partial charge in [0.15, 0.2) is 5.96 Å². The molecule has 2 N–H and O–H groups in total. The molecule has 2 rings (SSSR count). The number of nitrogens with zero attached hydrogens (tertiary/aromatic N) is 2. The first kappa shape index (κ1) is 20.2. The average molecular weight is 440 g/mol. The van der Waals surface area contributed by atoms with E-state index in [0.717, 1.165) is 18.1 Å². The van der Waals surface area contributed by atoms with Gasteiger partial charge in [-0.3, -0.25) is 4.99 Å². The molecule has 0 aliphatic heterocycles. The molecular formula is C18H25IN4O. The van der Waals surface area contributed by atoms with E-state index in [1.54, 1.807) is 13.2 Å². The van der Waals surface area contributed by atoms with Crippen LogP contribution in [0.3, 0.4) is 0 Å². The third-order valence-corrected chi connectivity index (χ3v) is 3.34. The maximum Gasteiger partial charge on any atom is 0.218 e. The van der Waals surface area contributed by atoms with Gasteiger partial charge in [-0.05, 0) is 25.5 Å². The molecule has 130 valence electrons. The number of aryl methyl sites for hydroxylation is 1. The lowest BCUT2D eigenvalue weighted by atomic mass is 10.1. The normalized spacial score (nSPS) is 10.7. The van der Waals surface area contributed by atoms with Crippen LogP contribution in [0, 0.1) is 6.92 Å². The molecule has 2 aromatic rings. The van der Waals surface area contributed by atoms with Crippen molar-refractivity contribution in [1.29, 1.82) is 0 Å². The van der Waals surface area contributed by atoms with Gasteiger partial charge in [-0.25, -0.2) is 4.98 Å². The second-order valence-corrected chi connectivity index (χ2v) is 5.17. The molecule has 1 aromatic heterocycles. The number of benzene rings is 1. The highest BCUT2D eigenvalue weighted by Crippen LogP contribution is 2.13. The minimum absolute atomic E-state index is 0. The Morgan fingerprint density at radius 2 is 1.96 bits per heavy atom. The van der Waals surface area contributed by atoms with Gasteiger partial charge in [-0.1, -0.05) is 35.9 Å². The number of ether oxygens (including phenoxy) is 1. The molecule has 0 aliphatic carbocycles. The molecule has 6 heteroatoms. The standard InChI is InChI=1S/C18H24N4O.HI/c1-4-23-17-16(9-6-10-20-17)13-22-18(19-3)21-12-15-8-5-7-14(2)11-15;/h5-11H,4,12-13H2,1-3H3,(H2,19,21,22);1H. The minimum atomic E-state index is 0. The number of halogens is 1. The van der Waals surface area contributed by atoms with Gasteiger partial charge in [0.2, 0.25) is 5.88 Å². The highest BCUT2D eigenvalue weighted by molar-refractivity contribution is 14.0. The largest absolute Gasteiger partial charge is 0.478 e. The van der Waals surface area contributed by atoms with Gasteiger partial charge >= 0.3 is 0 Å². The molecule has 0 saturated carbocycles. The number of hydrogen-bond donors (Lipinski definition) is 2. The first-order valence-electron chi connectivity index (χ1n) is 7.79.